The molecular formula is C17H30Si3. The Morgan fingerprint density at radius 1 is 0.700 bits per heavy atom. The van der Waals surface area contributed by atoms with Crippen LogP contribution in [0.5, 0.6) is 0 Å². The molecule has 0 spiro atoms. The molecule has 1 rings (SSSR count). The Kier molecular flexibility index (Phi) is 4.95. The van der Waals surface area contributed by atoms with Gasteiger partial charge in [-0.05, 0) is 10.4 Å². The van der Waals surface area contributed by atoms with Crippen LogP contribution >= 0.6 is 0 Å². The van der Waals surface area contributed by atoms with Crippen molar-refractivity contribution in [2.75, 3.05) is 0 Å². The lowest BCUT2D eigenvalue weighted by Crippen LogP contribution is -2.48. The molecule has 0 heterocycles. The maximum atomic E-state index is 3.62. The molecule has 1 aromatic carbocycles. The second kappa shape index (κ2) is 5.67. The third-order valence-corrected chi connectivity index (χ3v) is 8.18. The van der Waals surface area contributed by atoms with Gasteiger partial charge in [0.2, 0.25) is 0 Å². The molecule has 110 valence electrons. The molecule has 0 unspecified atom stereocenters. The first-order chi connectivity index (χ1) is 8.82. The van der Waals surface area contributed by atoms with E-state index in [4.69, 9.17) is 0 Å². The fraction of sp³-hybridized carbons (Fsp3) is 0.529. The molecule has 0 saturated carbocycles. The summed E-state index contributed by atoms with van der Waals surface area (Å²) in [5, 5.41) is 3.09. The molecule has 0 bridgehead atoms. The monoisotopic (exact) mass is 318 g/mol. The second-order valence-corrected chi connectivity index (χ2v) is 23.6. The molecule has 3 heteroatoms. The van der Waals surface area contributed by atoms with E-state index in [0.29, 0.717) is 0 Å². The van der Waals surface area contributed by atoms with E-state index in [1.165, 1.54) is 5.56 Å². The zero-order valence-electron chi connectivity index (χ0n) is 14.7. The Morgan fingerprint density at radius 3 is 1.40 bits per heavy atom. The normalized spacial score (nSPS) is 12.8. The van der Waals surface area contributed by atoms with E-state index in [-0.39, 0.29) is 0 Å². The zero-order valence-corrected chi connectivity index (χ0v) is 17.7. The van der Waals surface area contributed by atoms with Gasteiger partial charge in [0.1, 0.15) is 8.07 Å². The van der Waals surface area contributed by atoms with Gasteiger partial charge in [0.25, 0.3) is 0 Å². The summed E-state index contributed by atoms with van der Waals surface area (Å²) in [5.74, 6) is 3.62. The fourth-order valence-electron chi connectivity index (χ4n) is 2.19. The summed E-state index contributed by atoms with van der Waals surface area (Å²) >= 11 is 0. The van der Waals surface area contributed by atoms with Crippen LogP contribution in [-0.4, -0.2) is 24.2 Å². The summed E-state index contributed by atoms with van der Waals surface area (Å²) in [5.41, 5.74) is 4.98. The van der Waals surface area contributed by atoms with Crippen molar-refractivity contribution in [1.82, 2.24) is 0 Å². The molecule has 0 nitrogen and oxygen atoms in total. The molecule has 0 fully saturated rings. The Bertz CT molecular complexity index is 509. The molecule has 1 aromatic rings. The molecule has 0 radical (unpaired) electrons. The smallest absolute Gasteiger partial charge is 0.127 e. The maximum Gasteiger partial charge on any atom is 0.129 e. The van der Waals surface area contributed by atoms with Crippen LogP contribution in [0.2, 0.25) is 58.9 Å². The third kappa shape index (κ3) is 4.76. The van der Waals surface area contributed by atoms with Crippen LogP contribution in [0.15, 0.2) is 18.2 Å². The lowest BCUT2D eigenvalue weighted by molar-refractivity contribution is 1.63. The van der Waals surface area contributed by atoms with E-state index in [1.807, 2.05) is 0 Å². The SMILES string of the molecule is C[Si](C)(C)C#Cc1c([Si](C)(C)C)cccc1[Si](C)(C)C. The van der Waals surface area contributed by atoms with E-state index in [0.717, 1.165) is 0 Å². The van der Waals surface area contributed by atoms with Gasteiger partial charge in [-0.15, -0.1) is 5.54 Å². The molecule has 0 amide bonds. The van der Waals surface area contributed by atoms with Crippen LogP contribution in [-0.2, 0) is 0 Å². The summed E-state index contributed by atoms with van der Waals surface area (Å²) in [7, 11) is -4.03. The number of hydrogen-bond acceptors (Lipinski definition) is 0. The molecular weight excluding hydrogens is 288 g/mol. The maximum absolute atomic E-state index is 3.62. The highest BCUT2D eigenvalue weighted by Crippen LogP contribution is 2.11. The van der Waals surface area contributed by atoms with Gasteiger partial charge in [0.15, 0.2) is 0 Å². The average molecular weight is 319 g/mol. The highest BCUT2D eigenvalue weighted by atomic mass is 28.3. The Labute approximate surface area is 129 Å². The van der Waals surface area contributed by atoms with Gasteiger partial charge < -0.3 is 0 Å². The van der Waals surface area contributed by atoms with Crippen molar-refractivity contribution >= 4 is 34.6 Å². The minimum absolute atomic E-state index is 1.33. The number of hydrogen-bond donors (Lipinski definition) is 0. The second-order valence-electron chi connectivity index (χ2n) is 8.73. The quantitative estimate of drug-likeness (QED) is 0.571. The number of benzene rings is 1. The Morgan fingerprint density at radius 2 is 1.10 bits per heavy atom. The predicted octanol–water partition coefficient (Wildman–Crippen LogP) is 4.01. The molecule has 20 heavy (non-hydrogen) atoms. The van der Waals surface area contributed by atoms with Gasteiger partial charge in [-0.3, -0.25) is 0 Å². The summed E-state index contributed by atoms with van der Waals surface area (Å²) in [6, 6.07) is 6.90. The Hall–Kier alpha value is -0.569. The van der Waals surface area contributed by atoms with E-state index >= 15 is 0 Å². The van der Waals surface area contributed by atoms with Gasteiger partial charge in [0.05, 0.1) is 16.1 Å². The van der Waals surface area contributed by atoms with Gasteiger partial charge in [-0.2, -0.15) is 0 Å². The van der Waals surface area contributed by atoms with E-state index < -0.39 is 24.2 Å². The molecule has 0 N–H and O–H groups in total. The third-order valence-electron chi connectivity index (χ3n) is 3.24. The van der Waals surface area contributed by atoms with Crippen LogP contribution < -0.4 is 10.4 Å². The summed E-state index contributed by atoms with van der Waals surface area (Å²) in [6.07, 6.45) is 0. The van der Waals surface area contributed by atoms with E-state index in [9.17, 15) is 0 Å². The first kappa shape index (κ1) is 17.5. The zero-order chi connectivity index (χ0) is 15.8. The van der Waals surface area contributed by atoms with Crippen molar-refractivity contribution in [1.29, 1.82) is 0 Å². The van der Waals surface area contributed by atoms with Crippen molar-refractivity contribution in [3.63, 3.8) is 0 Å². The van der Waals surface area contributed by atoms with Crippen molar-refractivity contribution in [2.24, 2.45) is 0 Å². The van der Waals surface area contributed by atoms with Crippen molar-refractivity contribution in [3.05, 3.63) is 23.8 Å². The lowest BCUT2D eigenvalue weighted by Gasteiger charge is -2.26. The average Bonchev–Trinajstić information content (AvgIpc) is 2.22. The van der Waals surface area contributed by atoms with Crippen LogP contribution in [0.3, 0.4) is 0 Å². The molecule has 0 aliphatic heterocycles. The Balaban J connectivity index is 3.61. The molecule has 0 aromatic heterocycles. The van der Waals surface area contributed by atoms with Crippen LogP contribution in [0.4, 0.5) is 0 Å². The van der Waals surface area contributed by atoms with Crippen molar-refractivity contribution < 1.29 is 0 Å². The largest absolute Gasteiger partial charge is 0.129 e. The van der Waals surface area contributed by atoms with Crippen molar-refractivity contribution in [2.45, 2.75) is 58.9 Å². The molecule has 0 aliphatic rings. The standard InChI is InChI=1S/C17H30Si3/c1-18(2,3)14-13-15-16(19(4,5)6)11-10-12-17(15)20(7,8)9/h10-12H,1-9H3. The summed E-state index contributed by atoms with van der Waals surface area (Å²) in [6.45, 7) is 21.5. The van der Waals surface area contributed by atoms with Crippen molar-refractivity contribution in [3.8, 4) is 11.5 Å². The van der Waals surface area contributed by atoms with E-state index in [2.05, 4.69) is 88.6 Å². The highest BCUT2D eigenvalue weighted by Gasteiger charge is 2.26. The minimum atomic E-state index is -1.35. The van der Waals surface area contributed by atoms with Crippen LogP contribution in [0, 0.1) is 11.5 Å². The first-order valence-electron chi connectivity index (χ1n) is 7.49. The van der Waals surface area contributed by atoms with Crippen LogP contribution in [0.1, 0.15) is 5.56 Å². The van der Waals surface area contributed by atoms with Gasteiger partial charge in [-0.1, -0.05) is 83.0 Å². The minimum Gasteiger partial charge on any atom is -0.127 e. The summed E-state index contributed by atoms with van der Waals surface area (Å²) in [4.78, 5) is 0. The molecule has 0 atom stereocenters. The molecule has 0 saturated heterocycles. The lowest BCUT2D eigenvalue weighted by atomic mass is 10.2. The molecule has 0 aliphatic carbocycles. The summed E-state index contributed by atoms with van der Waals surface area (Å²) < 4.78 is 0. The van der Waals surface area contributed by atoms with E-state index in [1.54, 1.807) is 10.4 Å². The fourth-order valence-corrected chi connectivity index (χ4v) is 5.90. The number of rotatable bonds is 2. The first-order valence-corrected chi connectivity index (χ1v) is 18.0. The predicted molar refractivity (Wildman–Crippen MR) is 103 cm³/mol. The topological polar surface area (TPSA) is 0 Å². The van der Waals surface area contributed by atoms with Gasteiger partial charge in [0, 0.05) is 5.56 Å². The van der Waals surface area contributed by atoms with Gasteiger partial charge in [-0.25, -0.2) is 0 Å². The van der Waals surface area contributed by atoms with Gasteiger partial charge >= 0.3 is 0 Å². The highest BCUT2D eigenvalue weighted by molar-refractivity contribution is 6.92. The van der Waals surface area contributed by atoms with Crippen LogP contribution in [0.25, 0.3) is 0 Å².